The molecule has 0 aliphatic carbocycles. The topological polar surface area (TPSA) is 86.9 Å². The number of carbonyl (C=O) groups excluding carboxylic acids is 2. The number of benzene rings is 1. The fraction of sp³-hybridized carbons (Fsp3) is 0.294. The van der Waals surface area contributed by atoms with E-state index in [0.29, 0.717) is 39.1 Å². The number of hydrogen-bond donors (Lipinski definition) is 1. The average molecular weight is 412 g/mol. The number of carbonyl (C=O) groups is 2. The molecule has 0 aliphatic rings. The molecule has 2 rings (SSSR count). The number of methoxy groups -OCH3 is 3. The fourth-order valence-electron chi connectivity index (χ4n) is 2.49. The zero-order valence-corrected chi connectivity index (χ0v) is 15.9. The van der Waals surface area contributed by atoms with Crippen LogP contribution in [0, 0.1) is 0 Å². The second-order valence-corrected chi connectivity index (χ2v) is 5.62. The molecule has 1 N–H and O–H groups in total. The third kappa shape index (κ3) is 3.34. The molecule has 0 fully saturated rings. The van der Waals surface area contributed by atoms with Crippen molar-refractivity contribution in [1.82, 2.24) is 4.98 Å². The Morgan fingerprint density at radius 2 is 1.84 bits per heavy atom. The molecule has 0 saturated carbocycles. The van der Waals surface area contributed by atoms with E-state index in [-0.39, 0.29) is 18.0 Å². The highest BCUT2D eigenvalue weighted by Gasteiger charge is 2.26. The number of H-pyrrole nitrogens is 1. The van der Waals surface area contributed by atoms with Gasteiger partial charge in [0.1, 0.15) is 5.69 Å². The Morgan fingerprint density at radius 3 is 2.36 bits per heavy atom. The molecule has 7 nitrogen and oxygen atoms in total. The molecule has 0 spiro atoms. The first kappa shape index (κ1) is 18.9. The van der Waals surface area contributed by atoms with Gasteiger partial charge in [-0.2, -0.15) is 0 Å². The Morgan fingerprint density at radius 1 is 1.16 bits per heavy atom. The van der Waals surface area contributed by atoms with Crippen LogP contribution in [0.25, 0.3) is 11.1 Å². The molecule has 25 heavy (non-hydrogen) atoms. The number of aldehydes is 1. The first-order valence-corrected chi connectivity index (χ1v) is 8.16. The van der Waals surface area contributed by atoms with Crippen LogP contribution in [-0.2, 0) is 4.74 Å². The molecule has 0 radical (unpaired) electrons. The van der Waals surface area contributed by atoms with Crippen LogP contribution in [0.3, 0.4) is 0 Å². The fourth-order valence-corrected chi connectivity index (χ4v) is 3.18. The van der Waals surface area contributed by atoms with Crippen molar-refractivity contribution >= 4 is 28.2 Å². The Hall–Kier alpha value is -2.48. The Bertz CT molecular complexity index is 799. The summed E-state index contributed by atoms with van der Waals surface area (Å²) < 4.78 is 21.5. The number of hydrogen-bond acceptors (Lipinski definition) is 6. The lowest BCUT2D eigenvalue weighted by Gasteiger charge is -2.16. The van der Waals surface area contributed by atoms with E-state index in [9.17, 15) is 9.59 Å². The number of esters is 1. The summed E-state index contributed by atoms with van der Waals surface area (Å²) in [5.41, 5.74) is 1.38. The Kier molecular flexibility index (Phi) is 6.08. The zero-order chi connectivity index (χ0) is 18.6. The first-order chi connectivity index (χ1) is 12.0. The molecule has 8 heteroatoms. The lowest BCUT2D eigenvalue weighted by atomic mass is 10.0. The zero-order valence-electron chi connectivity index (χ0n) is 14.3. The molecule has 134 valence electrons. The van der Waals surface area contributed by atoms with Gasteiger partial charge in [-0.1, -0.05) is 0 Å². The van der Waals surface area contributed by atoms with Crippen LogP contribution in [0.4, 0.5) is 0 Å². The van der Waals surface area contributed by atoms with Gasteiger partial charge in [-0.25, -0.2) is 4.79 Å². The summed E-state index contributed by atoms with van der Waals surface area (Å²) in [6.07, 6.45) is 0.624. The number of aromatic nitrogens is 1. The molecular weight excluding hydrogens is 394 g/mol. The molecule has 0 aliphatic heterocycles. The van der Waals surface area contributed by atoms with Crippen LogP contribution in [0.1, 0.15) is 27.9 Å². The highest BCUT2D eigenvalue weighted by molar-refractivity contribution is 9.10. The van der Waals surface area contributed by atoms with E-state index in [2.05, 4.69) is 20.9 Å². The van der Waals surface area contributed by atoms with E-state index in [1.807, 2.05) is 0 Å². The minimum absolute atomic E-state index is 0.149. The predicted octanol–water partition coefficient (Wildman–Crippen LogP) is 3.46. The maximum atomic E-state index is 12.1. The van der Waals surface area contributed by atoms with Crippen molar-refractivity contribution in [1.29, 1.82) is 0 Å². The first-order valence-electron chi connectivity index (χ1n) is 7.37. The summed E-state index contributed by atoms with van der Waals surface area (Å²) >= 11 is 3.38. The Labute approximate surface area is 153 Å². The summed E-state index contributed by atoms with van der Waals surface area (Å²) in [4.78, 5) is 26.4. The van der Waals surface area contributed by atoms with Crippen LogP contribution in [-0.4, -0.2) is 45.2 Å². The van der Waals surface area contributed by atoms with Crippen LogP contribution in [0.5, 0.6) is 17.2 Å². The Balaban J connectivity index is 2.74. The summed E-state index contributed by atoms with van der Waals surface area (Å²) in [6, 6.07) is 3.41. The van der Waals surface area contributed by atoms with Gasteiger partial charge >= 0.3 is 5.97 Å². The van der Waals surface area contributed by atoms with Gasteiger partial charge in [0, 0.05) is 11.1 Å². The molecule has 2 aromatic rings. The van der Waals surface area contributed by atoms with Crippen molar-refractivity contribution in [3.05, 3.63) is 28.0 Å². The number of ether oxygens (including phenoxy) is 4. The van der Waals surface area contributed by atoms with Gasteiger partial charge in [-0.05, 0) is 35.0 Å². The van der Waals surface area contributed by atoms with E-state index < -0.39 is 5.97 Å². The number of rotatable bonds is 7. The van der Waals surface area contributed by atoms with Gasteiger partial charge in [-0.15, -0.1) is 0 Å². The molecule has 0 saturated heterocycles. The van der Waals surface area contributed by atoms with Crippen molar-refractivity contribution in [2.45, 2.75) is 6.92 Å². The molecular formula is C17H18BrNO6. The van der Waals surface area contributed by atoms with E-state index in [1.165, 1.54) is 21.3 Å². The quantitative estimate of drug-likeness (QED) is 0.554. The highest BCUT2D eigenvalue weighted by atomic mass is 79.9. The van der Waals surface area contributed by atoms with Gasteiger partial charge in [0.2, 0.25) is 5.75 Å². The number of halogens is 1. The maximum Gasteiger partial charge on any atom is 0.355 e. The van der Waals surface area contributed by atoms with E-state index in [1.54, 1.807) is 19.1 Å². The molecule has 1 aromatic heterocycles. The van der Waals surface area contributed by atoms with E-state index in [0.717, 1.165) is 0 Å². The number of aromatic amines is 1. The third-order valence-electron chi connectivity index (χ3n) is 3.54. The van der Waals surface area contributed by atoms with Gasteiger partial charge in [0.15, 0.2) is 17.8 Å². The highest BCUT2D eigenvalue weighted by Crippen LogP contribution is 2.47. The summed E-state index contributed by atoms with van der Waals surface area (Å²) in [7, 11) is 4.48. The largest absolute Gasteiger partial charge is 0.493 e. The third-order valence-corrected chi connectivity index (χ3v) is 4.33. The van der Waals surface area contributed by atoms with Crippen molar-refractivity contribution in [3.63, 3.8) is 0 Å². The summed E-state index contributed by atoms with van der Waals surface area (Å²) in [6.45, 7) is 1.92. The van der Waals surface area contributed by atoms with Gasteiger partial charge in [0.05, 0.1) is 38.1 Å². The van der Waals surface area contributed by atoms with Gasteiger partial charge in [-0.3, -0.25) is 4.79 Å². The van der Waals surface area contributed by atoms with Gasteiger partial charge < -0.3 is 23.9 Å². The number of nitrogens with one attached hydrogen (secondary N) is 1. The van der Waals surface area contributed by atoms with Crippen LogP contribution >= 0.6 is 15.9 Å². The molecule has 0 unspecified atom stereocenters. The normalized spacial score (nSPS) is 10.3. The summed E-state index contributed by atoms with van der Waals surface area (Å²) in [5.74, 6) is 0.668. The van der Waals surface area contributed by atoms with Crippen LogP contribution in [0.2, 0.25) is 0 Å². The molecule has 1 heterocycles. The summed E-state index contributed by atoms with van der Waals surface area (Å²) in [5, 5.41) is 0. The van der Waals surface area contributed by atoms with Crippen molar-refractivity contribution < 1.29 is 28.5 Å². The molecule has 0 amide bonds. The van der Waals surface area contributed by atoms with E-state index >= 15 is 0 Å². The molecule has 1 aromatic carbocycles. The lowest BCUT2D eigenvalue weighted by molar-refractivity contribution is 0.0519. The maximum absolute atomic E-state index is 12.1. The van der Waals surface area contributed by atoms with Crippen molar-refractivity contribution in [2.24, 2.45) is 0 Å². The van der Waals surface area contributed by atoms with Crippen molar-refractivity contribution in [2.75, 3.05) is 27.9 Å². The van der Waals surface area contributed by atoms with Crippen LogP contribution in [0.15, 0.2) is 16.6 Å². The molecule has 0 bridgehead atoms. The van der Waals surface area contributed by atoms with Gasteiger partial charge in [0.25, 0.3) is 0 Å². The van der Waals surface area contributed by atoms with Crippen molar-refractivity contribution in [3.8, 4) is 28.4 Å². The van der Waals surface area contributed by atoms with E-state index in [4.69, 9.17) is 18.9 Å². The minimum Gasteiger partial charge on any atom is -0.493 e. The van der Waals surface area contributed by atoms with Crippen LogP contribution < -0.4 is 14.2 Å². The SMILES string of the molecule is CCOC(=O)c1[nH]c(C=O)c(-c2ccc(OC)c(OC)c2OC)c1Br. The second-order valence-electron chi connectivity index (χ2n) is 4.82. The standard InChI is InChI=1S/C17H18BrNO6/c1-5-25-17(21)14-13(18)12(10(8-20)19-14)9-6-7-11(22-2)16(24-4)15(9)23-3/h6-8,19H,5H2,1-4H3. The smallest absolute Gasteiger partial charge is 0.355 e. The predicted molar refractivity (Wildman–Crippen MR) is 94.9 cm³/mol. The monoisotopic (exact) mass is 411 g/mol. The minimum atomic E-state index is -0.567. The average Bonchev–Trinajstić information content (AvgIpc) is 2.96. The second kappa shape index (κ2) is 8.06. The lowest BCUT2D eigenvalue weighted by Crippen LogP contribution is -2.05. The molecule has 0 atom stereocenters.